The van der Waals surface area contributed by atoms with Gasteiger partial charge in [0.25, 0.3) is 0 Å². The number of aromatic nitrogens is 2. The SMILES string of the molecule is COC(C)(C)CCNC(=O)Nc1cc(-c2cc3cnc(Cl)cc3nc2C)c(C)cc1F. The van der Waals surface area contributed by atoms with Crippen LogP contribution in [0.25, 0.3) is 22.0 Å². The third-order valence-corrected chi connectivity index (χ3v) is 5.48. The first-order valence-electron chi connectivity index (χ1n) is 9.93. The Bertz CT molecular complexity index is 1130. The second-order valence-corrected chi connectivity index (χ2v) is 8.45. The average molecular weight is 445 g/mol. The number of nitrogens with one attached hydrogen (secondary N) is 2. The van der Waals surface area contributed by atoms with Crippen molar-refractivity contribution in [3.05, 3.63) is 52.7 Å². The van der Waals surface area contributed by atoms with E-state index in [4.69, 9.17) is 16.3 Å². The summed E-state index contributed by atoms with van der Waals surface area (Å²) in [6.07, 6.45) is 2.28. The number of nitrogens with zero attached hydrogens (tertiary/aromatic N) is 2. The molecule has 3 aromatic rings. The van der Waals surface area contributed by atoms with Crippen molar-refractivity contribution < 1.29 is 13.9 Å². The molecule has 0 spiro atoms. The number of aryl methyl sites for hydroxylation is 2. The minimum absolute atomic E-state index is 0.0952. The van der Waals surface area contributed by atoms with Crippen LogP contribution in [0.5, 0.6) is 0 Å². The first-order chi connectivity index (χ1) is 14.6. The van der Waals surface area contributed by atoms with Gasteiger partial charge in [-0.15, -0.1) is 0 Å². The van der Waals surface area contributed by atoms with Crippen molar-refractivity contribution >= 4 is 34.2 Å². The highest BCUT2D eigenvalue weighted by molar-refractivity contribution is 6.30. The summed E-state index contributed by atoms with van der Waals surface area (Å²) in [5.74, 6) is -0.506. The predicted octanol–water partition coefficient (Wildman–Crippen LogP) is 5.64. The molecule has 3 rings (SSSR count). The molecule has 0 saturated carbocycles. The van der Waals surface area contributed by atoms with Gasteiger partial charge in [0.05, 0.1) is 16.8 Å². The molecule has 0 aliphatic rings. The number of amides is 2. The van der Waals surface area contributed by atoms with Crippen LogP contribution in [0.2, 0.25) is 5.15 Å². The van der Waals surface area contributed by atoms with Crippen molar-refractivity contribution in [2.45, 2.75) is 39.7 Å². The number of ether oxygens (including phenoxy) is 1. The molecule has 31 heavy (non-hydrogen) atoms. The third-order valence-electron chi connectivity index (χ3n) is 5.27. The van der Waals surface area contributed by atoms with Gasteiger partial charge < -0.3 is 15.4 Å². The molecule has 6 nitrogen and oxygen atoms in total. The minimum Gasteiger partial charge on any atom is -0.379 e. The second-order valence-electron chi connectivity index (χ2n) is 8.06. The number of benzene rings is 1. The Morgan fingerprint density at radius 3 is 2.65 bits per heavy atom. The Labute approximate surface area is 186 Å². The van der Waals surface area contributed by atoms with Gasteiger partial charge in [0, 0.05) is 42.6 Å². The summed E-state index contributed by atoms with van der Waals surface area (Å²) in [7, 11) is 1.62. The lowest BCUT2D eigenvalue weighted by atomic mass is 9.97. The Hall–Kier alpha value is -2.77. The molecule has 1 aromatic carbocycles. The molecule has 2 N–H and O–H groups in total. The molecule has 2 heterocycles. The maximum atomic E-state index is 14.6. The number of fused-ring (bicyclic) bond motifs is 1. The number of pyridine rings is 2. The molecule has 0 fully saturated rings. The molecule has 8 heteroatoms. The minimum atomic E-state index is -0.506. The summed E-state index contributed by atoms with van der Waals surface area (Å²) >= 11 is 5.96. The van der Waals surface area contributed by atoms with E-state index < -0.39 is 11.8 Å². The van der Waals surface area contributed by atoms with Gasteiger partial charge in [-0.3, -0.25) is 4.98 Å². The van der Waals surface area contributed by atoms with Crippen LogP contribution >= 0.6 is 11.6 Å². The van der Waals surface area contributed by atoms with E-state index in [-0.39, 0.29) is 11.3 Å². The summed E-state index contributed by atoms with van der Waals surface area (Å²) in [6, 6.07) is 6.20. The Morgan fingerprint density at radius 1 is 1.19 bits per heavy atom. The van der Waals surface area contributed by atoms with Gasteiger partial charge in [-0.1, -0.05) is 11.6 Å². The van der Waals surface area contributed by atoms with Crippen molar-refractivity contribution in [2.24, 2.45) is 0 Å². The number of halogens is 2. The van der Waals surface area contributed by atoms with Crippen LogP contribution in [0.15, 0.2) is 30.5 Å². The number of hydrogen-bond donors (Lipinski definition) is 2. The van der Waals surface area contributed by atoms with Crippen molar-refractivity contribution in [3.63, 3.8) is 0 Å². The van der Waals surface area contributed by atoms with E-state index in [2.05, 4.69) is 20.6 Å². The standard InChI is InChI=1S/C23H26ClFN4O2/c1-13-8-18(25)20(29-22(30)26-7-6-23(3,4)31-5)10-16(13)17-9-15-12-27-21(24)11-19(15)28-14(17)2/h8-12H,6-7H2,1-5H3,(H2,26,29,30). The van der Waals surface area contributed by atoms with Gasteiger partial charge in [0.2, 0.25) is 0 Å². The fourth-order valence-electron chi connectivity index (χ4n) is 3.22. The van der Waals surface area contributed by atoms with E-state index in [9.17, 15) is 9.18 Å². The Kier molecular flexibility index (Phi) is 6.77. The zero-order valence-electron chi connectivity index (χ0n) is 18.3. The smallest absolute Gasteiger partial charge is 0.319 e. The quantitative estimate of drug-likeness (QED) is 0.482. The normalized spacial score (nSPS) is 11.6. The lowest BCUT2D eigenvalue weighted by Gasteiger charge is -2.22. The molecule has 0 aliphatic heterocycles. The summed E-state index contributed by atoms with van der Waals surface area (Å²) in [6.45, 7) is 7.96. The molecular weight excluding hydrogens is 419 g/mol. The summed E-state index contributed by atoms with van der Waals surface area (Å²) < 4.78 is 19.9. The first kappa shape index (κ1) is 22.9. The molecular formula is C23H26ClFN4O2. The van der Waals surface area contributed by atoms with Crippen molar-refractivity contribution in [1.29, 1.82) is 0 Å². The fourth-order valence-corrected chi connectivity index (χ4v) is 3.37. The first-order valence-corrected chi connectivity index (χ1v) is 10.3. The van der Waals surface area contributed by atoms with Crippen molar-refractivity contribution in [2.75, 3.05) is 19.0 Å². The molecule has 0 atom stereocenters. The molecule has 0 radical (unpaired) electrons. The maximum Gasteiger partial charge on any atom is 0.319 e. The third kappa shape index (κ3) is 5.48. The highest BCUT2D eigenvalue weighted by atomic mass is 35.5. The monoisotopic (exact) mass is 444 g/mol. The zero-order valence-corrected chi connectivity index (χ0v) is 19.0. The molecule has 0 aliphatic carbocycles. The van der Waals surface area contributed by atoms with Crippen LogP contribution in [0.1, 0.15) is 31.5 Å². The Morgan fingerprint density at radius 2 is 1.94 bits per heavy atom. The topological polar surface area (TPSA) is 76.1 Å². The maximum absolute atomic E-state index is 14.6. The highest BCUT2D eigenvalue weighted by Gasteiger charge is 2.17. The number of carbonyl (C=O) groups excluding carboxylic acids is 1. The van der Waals surface area contributed by atoms with Gasteiger partial charge in [-0.25, -0.2) is 14.2 Å². The van der Waals surface area contributed by atoms with Crippen molar-refractivity contribution in [1.82, 2.24) is 15.3 Å². The van der Waals surface area contributed by atoms with Gasteiger partial charge >= 0.3 is 6.03 Å². The Balaban J connectivity index is 1.86. The van der Waals surface area contributed by atoms with E-state index in [1.54, 1.807) is 25.4 Å². The average Bonchev–Trinajstić information content (AvgIpc) is 2.69. The summed E-state index contributed by atoms with van der Waals surface area (Å²) in [4.78, 5) is 21.0. The highest BCUT2D eigenvalue weighted by Crippen LogP contribution is 2.32. The van der Waals surface area contributed by atoms with Crippen molar-refractivity contribution in [3.8, 4) is 11.1 Å². The largest absolute Gasteiger partial charge is 0.379 e. The number of carbonyl (C=O) groups is 1. The van der Waals surface area contributed by atoms with Crippen LogP contribution in [-0.4, -0.2) is 35.3 Å². The number of urea groups is 1. The molecule has 164 valence electrons. The van der Waals surface area contributed by atoms with Crippen LogP contribution in [-0.2, 0) is 4.74 Å². The predicted molar refractivity (Wildman–Crippen MR) is 122 cm³/mol. The molecule has 2 aromatic heterocycles. The zero-order chi connectivity index (χ0) is 22.8. The number of hydrogen-bond acceptors (Lipinski definition) is 4. The van der Waals surface area contributed by atoms with E-state index >= 15 is 0 Å². The van der Waals surface area contributed by atoms with E-state index in [1.165, 1.54) is 6.07 Å². The van der Waals surface area contributed by atoms with Crippen LogP contribution in [0.3, 0.4) is 0 Å². The lowest BCUT2D eigenvalue weighted by Crippen LogP contribution is -2.34. The second kappa shape index (κ2) is 9.16. The number of rotatable bonds is 6. The number of anilines is 1. The number of methoxy groups -OCH3 is 1. The molecule has 0 bridgehead atoms. The summed E-state index contributed by atoms with van der Waals surface area (Å²) in [5.41, 5.74) is 3.59. The van der Waals surface area contributed by atoms with Gasteiger partial charge in [-0.05, 0) is 63.4 Å². The fraction of sp³-hybridized carbons (Fsp3) is 0.348. The van der Waals surface area contributed by atoms with Crippen LogP contribution in [0, 0.1) is 19.7 Å². The van der Waals surface area contributed by atoms with E-state index in [0.717, 1.165) is 33.3 Å². The van der Waals surface area contributed by atoms with Gasteiger partial charge in [-0.2, -0.15) is 0 Å². The van der Waals surface area contributed by atoms with Gasteiger partial charge in [0.15, 0.2) is 0 Å². The summed E-state index contributed by atoms with van der Waals surface area (Å²) in [5, 5.41) is 6.53. The van der Waals surface area contributed by atoms with Gasteiger partial charge in [0.1, 0.15) is 11.0 Å². The molecule has 0 saturated heterocycles. The van der Waals surface area contributed by atoms with E-state index in [1.807, 2.05) is 33.8 Å². The van der Waals surface area contributed by atoms with Crippen LogP contribution in [0.4, 0.5) is 14.9 Å². The molecule has 2 amide bonds. The lowest BCUT2D eigenvalue weighted by molar-refractivity contribution is 0.0165. The molecule has 0 unspecified atom stereocenters. The van der Waals surface area contributed by atoms with E-state index in [0.29, 0.717) is 18.1 Å². The van der Waals surface area contributed by atoms with Crippen LogP contribution < -0.4 is 10.6 Å².